The molecule has 0 aromatic carbocycles. The maximum absolute atomic E-state index is 8.87. The van der Waals surface area contributed by atoms with Crippen LogP contribution in [-0.4, -0.2) is 12.2 Å². The topological polar surface area (TPSA) is 60.1 Å². The van der Waals surface area contributed by atoms with Gasteiger partial charge in [0, 0.05) is 11.8 Å². The average molecular weight is 160 g/mol. The Morgan fingerprint density at radius 1 is 1.00 bits per heavy atom. The van der Waals surface area contributed by atoms with Crippen LogP contribution in [0.25, 0.3) is 0 Å². The quantitative estimate of drug-likeness (QED) is 0.489. The third kappa shape index (κ3) is 0.519. The van der Waals surface area contributed by atoms with E-state index in [2.05, 4.69) is 12.1 Å². The van der Waals surface area contributed by atoms with Gasteiger partial charge in [-0.1, -0.05) is 0 Å². The molecular weight excluding hydrogens is 152 g/mol. The number of rotatable bonds is 0. The zero-order valence-electron chi connectivity index (χ0n) is 6.47. The molecule has 6 atom stereocenters. The van der Waals surface area contributed by atoms with Crippen LogP contribution in [0.5, 0.6) is 0 Å². The van der Waals surface area contributed by atoms with E-state index >= 15 is 0 Å². The molecule has 0 unspecified atom stereocenters. The minimum absolute atomic E-state index is 0.0521. The second-order valence-electron chi connectivity index (χ2n) is 3.94. The highest BCUT2D eigenvalue weighted by atomic mass is 16.6. The lowest BCUT2D eigenvalue weighted by Crippen LogP contribution is -2.25. The highest BCUT2D eigenvalue weighted by molar-refractivity contribution is 5.22. The van der Waals surface area contributed by atoms with Crippen LogP contribution >= 0.6 is 0 Å². The molecule has 60 valence electrons. The van der Waals surface area contributed by atoms with Gasteiger partial charge in [-0.05, 0) is 6.42 Å². The highest BCUT2D eigenvalue weighted by Crippen LogP contribution is 2.61. The first-order valence-electron chi connectivity index (χ1n) is 4.31. The summed E-state index contributed by atoms with van der Waals surface area (Å²) < 4.78 is 5.40. The van der Waals surface area contributed by atoms with Crippen LogP contribution in [0.15, 0.2) is 0 Å². The highest BCUT2D eigenvalue weighted by Gasteiger charge is 2.67. The van der Waals surface area contributed by atoms with Crippen molar-refractivity contribution in [1.82, 2.24) is 0 Å². The fourth-order valence-corrected chi connectivity index (χ4v) is 2.99. The Kier molecular flexibility index (Phi) is 0.975. The molecule has 1 saturated heterocycles. The number of fused-ring (bicyclic) bond motifs is 5. The van der Waals surface area contributed by atoms with Crippen LogP contribution in [-0.2, 0) is 4.74 Å². The van der Waals surface area contributed by atoms with Crippen LogP contribution < -0.4 is 0 Å². The molecule has 1 heterocycles. The Hall–Kier alpha value is -1.06. The van der Waals surface area contributed by atoms with E-state index in [-0.39, 0.29) is 11.8 Å². The van der Waals surface area contributed by atoms with Crippen molar-refractivity contribution >= 4 is 0 Å². The molecule has 3 rings (SSSR count). The van der Waals surface area contributed by atoms with Crippen LogP contribution in [0.1, 0.15) is 6.42 Å². The molecule has 0 spiro atoms. The maximum atomic E-state index is 8.87. The molecule has 3 aliphatic rings. The Morgan fingerprint density at radius 3 is 1.92 bits per heavy atom. The van der Waals surface area contributed by atoms with Gasteiger partial charge in [-0.15, -0.1) is 0 Å². The molecule has 3 nitrogen and oxygen atoms in total. The van der Waals surface area contributed by atoms with E-state index in [1.165, 1.54) is 0 Å². The number of hydrogen-bond donors (Lipinski definition) is 0. The van der Waals surface area contributed by atoms with Gasteiger partial charge < -0.3 is 4.74 Å². The zero-order valence-corrected chi connectivity index (χ0v) is 6.47. The SMILES string of the molecule is N#C[C@@H]1[C@H](C#N)[C@H]2C[C@H]1[C@H]1O[C@H]21. The molecular formula is C9H8N2O. The van der Waals surface area contributed by atoms with E-state index in [1.807, 2.05) is 0 Å². The molecule has 2 aliphatic carbocycles. The third-order valence-corrected chi connectivity index (χ3v) is 3.56. The molecule has 2 saturated carbocycles. The van der Waals surface area contributed by atoms with Gasteiger partial charge in [0.05, 0.1) is 36.2 Å². The fraction of sp³-hybridized carbons (Fsp3) is 0.778. The minimum atomic E-state index is -0.0521. The molecule has 3 fully saturated rings. The smallest absolute Gasteiger partial charge is 0.0886 e. The second-order valence-corrected chi connectivity index (χ2v) is 3.94. The molecule has 1 aliphatic heterocycles. The summed E-state index contributed by atoms with van der Waals surface area (Å²) in [7, 11) is 0. The number of ether oxygens (including phenoxy) is 1. The first-order valence-corrected chi connectivity index (χ1v) is 4.31. The van der Waals surface area contributed by atoms with Crippen LogP contribution in [0.2, 0.25) is 0 Å². The average Bonchev–Trinajstić information content (AvgIpc) is 2.73. The fourth-order valence-electron chi connectivity index (χ4n) is 2.99. The molecule has 0 radical (unpaired) electrons. The van der Waals surface area contributed by atoms with E-state index < -0.39 is 0 Å². The minimum Gasteiger partial charge on any atom is -0.369 e. The molecule has 12 heavy (non-hydrogen) atoms. The van der Waals surface area contributed by atoms with Crippen LogP contribution in [0.3, 0.4) is 0 Å². The second kappa shape index (κ2) is 1.81. The van der Waals surface area contributed by atoms with Gasteiger partial charge in [0.25, 0.3) is 0 Å². The first kappa shape index (κ1) is 6.46. The van der Waals surface area contributed by atoms with Crippen molar-refractivity contribution in [3.05, 3.63) is 0 Å². The van der Waals surface area contributed by atoms with E-state index in [0.29, 0.717) is 24.0 Å². The van der Waals surface area contributed by atoms with E-state index in [1.54, 1.807) is 0 Å². The number of nitriles is 2. The van der Waals surface area contributed by atoms with Gasteiger partial charge in [-0.25, -0.2) is 0 Å². The zero-order chi connectivity index (χ0) is 8.29. The van der Waals surface area contributed by atoms with Crippen molar-refractivity contribution in [1.29, 1.82) is 10.5 Å². The molecule has 3 heteroatoms. The molecule has 0 aromatic heterocycles. The molecule has 0 amide bonds. The van der Waals surface area contributed by atoms with Gasteiger partial charge in [0.1, 0.15) is 0 Å². The Morgan fingerprint density at radius 2 is 1.50 bits per heavy atom. The predicted molar refractivity (Wildman–Crippen MR) is 38.5 cm³/mol. The Labute approximate surface area is 70.5 Å². The van der Waals surface area contributed by atoms with Gasteiger partial charge in [0.2, 0.25) is 0 Å². The Balaban J connectivity index is 1.98. The van der Waals surface area contributed by atoms with E-state index in [4.69, 9.17) is 15.3 Å². The van der Waals surface area contributed by atoms with Gasteiger partial charge in [-0.2, -0.15) is 10.5 Å². The molecule has 0 aromatic rings. The van der Waals surface area contributed by atoms with Gasteiger partial charge in [0.15, 0.2) is 0 Å². The van der Waals surface area contributed by atoms with Crippen molar-refractivity contribution < 1.29 is 4.74 Å². The van der Waals surface area contributed by atoms with E-state index in [0.717, 1.165) is 6.42 Å². The Bertz CT molecular complexity index is 283. The summed E-state index contributed by atoms with van der Waals surface area (Å²) in [5.41, 5.74) is 0. The monoisotopic (exact) mass is 160 g/mol. The summed E-state index contributed by atoms with van der Waals surface area (Å²) in [5.74, 6) is 0.636. The summed E-state index contributed by atoms with van der Waals surface area (Å²) in [4.78, 5) is 0. The maximum Gasteiger partial charge on any atom is 0.0886 e. The summed E-state index contributed by atoms with van der Waals surface area (Å²) in [6, 6.07) is 4.50. The van der Waals surface area contributed by atoms with Crippen molar-refractivity contribution in [2.45, 2.75) is 18.6 Å². The molecule has 0 N–H and O–H groups in total. The third-order valence-electron chi connectivity index (χ3n) is 3.56. The lowest BCUT2D eigenvalue weighted by Gasteiger charge is -2.15. The summed E-state index contributed by atoms with van der Waals surface area (Å²) in [6.45, 7) is 0. The standard InChI is InChI=1S/C9H8N2O/c10-2-6-4-1-5(7(6)3-11)9-8(4)12-9/h4-9H,1H2/t4-,5-,6-,7+,8-,9-/m1/s1. The number of hydrogen-bond acceptors (Lipinski definition) is 3. The molecule has 2 bridgehead atoms. The predicted octanol–water partition coefficient (Wildman–Crippen LogP) is 0.683. The largest absolute Gasteiger partial charge is 0.369 e. The lowest BCUT2D eigenvalue weighted by atomic mass is 9.81. The summed E-state index contributed by atoms with van der Waals surface area (Å²) >= 11 is 0. The van der Waals surface area contributed by atoms with Crippen LogP contribution in [0.4, 0.5) is 0 Å². The first-order chi connectivity index (χ1) is 5.86. The summed E-state index contributed by atoms with van der Waals surface area (Å²) in [6.07, 6.45) is 1.72. The summed E-state index contributed by atoms with van der Waals surface area (Å²) in [5, 5.41) is 17.7. The normalized spacial score (nSPS) is 58.8. The number of epoxide rings is 1. The van der Waals surface area contributed by atoms with Gasteiger partial charge in [-0.3, -0.25) is 0 Å². The van der Waals surface area contributed by atoms with Crippen molar-refractivity contribution in [2.24, 2.45) is 23.7 Å². The van der Waals surface area contributed by atoms with Crippen molar-refractivity contribution in [2.75, 3.05) is 0 Å². The van der Waals surface area contributed by atoms with Crippen molar-refractivity contribution in [3.8, 4) is 12.1 Å². The van der Waals surface area contributed by atoms with Gasteiger partial charge >= 0.3 is 0 Å². The van der Waals surface area contributed by atoms with Crippen LogP contribution in [0, 0.1) is 46.3 Å². The van der Waals surface area contributed by atoms with E-state index in [9.17, 15) is 0 Å². The number of nitrogens with zero attached hydrogens (tertiary/aromatic N) is 2. The lowest BCUT2D eigenvalue weighted by molar-refractivity contribution is 0.256. The van der Waals surface area contributed by atoms with Crippen molar-refractivity contribution in [3.63, 3.8) is 0 Å².